The van der Waals surface area contributed by atoms with Crippen LogP contribution in [0, 0.1) is 0 Å². The van der Waals surface area contributed by atoms with Gasteiger partial charge in [-0.25, -0.2) is 0 Å². The van der Waals surface area contributed by atoms with Crippen LogP contribution in [0.1, 0.15) is 22.3 Å². The van der Waals surface area contributed by atoms with Crippen LogP contribution in [-0.4, -0.2) is 69.8 Å². The number of rotatable bonds is 8. The molecule has 0 aromatic heterocycles. The van der Waals surface area contributed by atoms with Crippen LogP contribution in [0.2, 0.25) is 0 Å². The Balaban J connectivity index is 1.64. The van der Waals surface area contributed by atoms with E-state index >= 15 is 0 Å². The predicted molar refractivity (Wildman–Crippen MR) is 99.9 cm³/mol. The van der Waals surface area contributed by atoms with Crippen LogP contribution in [0.25, 0.3) is 0 Å². The minimum Gasteiger partial charge on any atom is -0.379 e. The lowest BCUT2D eigenvalue weighted by atomic mass is 10.1. The lowest BCUT2D eigenvalue weighted by molar-refractivity contribution is 0.0377. The van der Waals surface area contributed by atoms with Crippen molar-refractivity contribution in [2.75, 3.05) is 53.0 Å². The molecule has 1 aromatic rings. The first-order chi connectivity index (χ1) is 12.2. The first-order valence-corrected chi connectivity index (χ1v) is 8.84. The van der Waals surface area contributed by atoms with Gasteiger partial charge in [0.25, 0.3) is 5.91 Å². The zero-order valence-electron chi connectivity index (χ0n) is 15.0. The molecule has 0 bridgehead atoms. The van der Waals surface area contributed by atoms with E-state index in [-0.39, 0.29) is 5.91 Å². The molecule has 0 saturated carbocycles. The summed E-state index contributed by atoms with van der Waals surface area (Å²) in [4.78, 5) is 18.4. The molecule has 0 spiro atoms. The highest BCUT2D eigenvalue weighted by Gasteiger charge is 2.08. The van der Waals surface area contributed by atoms with Gasteiger partial charge in [0.2, 0.25) is 0 Å². The van der Waals surface area contributed by atoms with E-state index in [1.165, 1.54) is 0 Å². The van der Waals surface area contributed by atoms with Gasteiger partial charge in [-0.15, -0.1) is 0 Å². The minimum absolute atomic E-state index is 0.0730. The number of morpholine rings is 1. The first kappa shape index (κ1) is 19.2. The van der Waals surface area contributed by atoms with Crippen LogP contribution < -0.4 is 16.4 Å². The number of nitrogens with one attached hydrogen (secondary N) is 2. The molecule has 1 aliphatic heterocycles. The average Bonchev–Trinajstić information content (AvgIpc) is 2.65. The van der Waals surface area contributed by atoms with Gasteiger partial charge in [0, 0.05) is 45.3 Å². The summed E-state index contributed by atoms with van der Waals surface area (Å²) in [6.45, 7) is 6.12. The minimum atomic E-state index is -0.0730. The standard InChI is InChI=1S/C18H29N5O2/c1-20-17(24)16-5-2-4-15(14-16)6-8-22-18(19)21-7-3-9-23-10-12-25-13-11-23/h2,4-5,14H,3,6-13H2,1H3,(H,20,24)(H3,19,21,22). The SMILES string of the molecule is CNC(=O)c1cccc(CCNC(N)=NCCCN2CCOCC2)c1. The summed E-state index contributed by atoms with van der Waals surface area (Å²) in [5, 5.41) is 5.76. The molecule has 0 radical (unpaired) electrons. The maximum absolute atomic E-state index is 11.6. The fraction of sp³-hybridized carbons (Fsp3) is 0.556. The zero-order chi connectivity index (χ0) is 17.9. The van der Waals surface area contributed by atoms with E-state index in [1.54, 1.807) is 13.1 Å². The summed E-state index contributed by atoms with van der Waals surface area (Å²) in [5.41, 5.74) is 7.66. The van der Waals surface area contributed by atoms with Gasteiger partial charge in [0.1, 0.15) is 0 Å². The molecule has 0 aliphatic carbocycles. The van der Waals surface area contributed by atoms with Gasteiger partial charge in [-0.2, -0.15) is 0 Å². The van der Waals surface area contributed by atoms with Crippen molar-refractivity contribution in [1.29, 1.82) is 0 Å². The topological polar surface area (TPSA) is 92.0 Å². The van der Waals surface area contributed by atoms with Crippen molar-refractivity contribution >= 4 is 11.9 Å². The van der Waals surface area contributed by atoms with E-state index in [0.717, 1.165) is 57.8 Å². The van der Waals surface area contributed by atoms with E-state index in [0.29, 0.717) is 18.1 Å². The fourth-order valence-electron chi connectivity index (χ4n) is 2.72. The maximum Gasteiger partial charge on any atom is 0.251 e. The Morgan fingerprint density at radius 3 is 2.92 bits per heavy atom. The van der Waals surface area contributed by atoms with Crippen molar-refractivity contribution in [3.05, 3.63) is 35.4 Å². The van der Waals surface area contributed by atoms with Crippen molar-refractivity contribution in [1.82, 2.24) is 15.5 Å². The fourth-order valence-corrected chi connectivity index (χ4v) is 2.72. The van der Waals surface area contributed by atoms with E-state index in [9.17, 15) is 4.79 Å². The number of ether oxygens (including phenoxy) is 1. The van der Waals surface area contributed by atoms with Crippen molar-refractivity contribution in [2.24, 2.45) is 10.7 Å². The Bertz CT molecular complexity index is 570. The number of carbonyl (C=O) groups excluding carboxylic acids is 1. The molecule has 1 saturated heterocycles. The van der Waals surface area contributed by atoms with E-state index in [2.05, 4.69) is 20.5 Å². The molecule has 1 heterocycles. The van der Waals surface area contributed by atoms with Crippen molar-refractivity contribution < 1.29 is 9.53 Å². The van der Waals surface area contributed by atoms with Gasteiger partial charge in [-0.05, 0) is 30.5 Å². The molecule has 4 N–H and O–H groups in total. The molecule has 2 rings (SSSR count). The van der Waals surface area contributed by atoms with Crippen molar-refractivity contribution in [3.8, 4) is 0 Å². The number of nitrogens with two attached hydrogens (primary N) is 1. The van der Waals surface area contributed by atoms with Crippen LogP contribution in [0.15, 0.2) is 29.3 Å². The zero-order valence-corrected chi connectivity index (χ0v) is 15.0. The monoisotopic (exact) mass is 347 g/mol. The summed E-state index contributed by atoms with van der Waals surface area (Å²) in [5.74, 6) is 0.403. The third-order valence-electron chi connectivity index (χ3n) is 4.15. The number of hydrogen-bond donors (Lipinski definition) is 3. The summed E-state index contributed by atoms with van der Waals surface area (Å²) < 4.78 is 5.33. The lowest BCUT2D eigenvalue weighted by Crippen LogP contribution is -2.37. The van der Waals surface area contributed by atoms with E-state index in [1.807, 2.05) is 18.2 Å². The molecule has 7 nitrogen and oxygen atoms in total. The van der Waals surface area contributed by atoms with Crippen LogP contribution in [0.5, 0.6) is 0 Å². The molecule has 0 unspecified atom stereocenters. The average molecular weight is 347 g/mol. The normalized spacial score (nSPS) is 15.8. The smallest absolute Gasteiger partial charge is 0.251 e. The Hall–Kier alpha value is -2.12. The molecule has 1 fully saturated rings. The number of carbonyl (C=O) groups is 1. The van der Waals surface area contributed by atoms with Gasteiger partial charge in [-0.3, -0.25) is 14.7 Å². The van der Waals surface area contributed by atoms with Gasteiger partial charge >= 0.3 is 0 Å². The third-order valence-corrected chi connectivity index (χ3v) is 4.15. The molecule has 1 amide bonds. The number of benzene rings is 1. The van der Waals surface area contributed by atoms with Gasteiger partial charge in [-0.1, -0.05) is 12.1 Å². The van der Waals surface area contributed by atoms with Crippen molar-refractivity contribution in [2.45, 2.75) is 12.8 Å². The second-order valence-corrected chi connectivity index (χ2v) is 6.03. The molecule has 25 heavy (non-hydrogen) atoms. The first-order valence-electron chi connectivity index (χ1n) is 8.84. The molecule has 0 atom stereocenters. The number of amides is 1. The molecular formula is C18H29N5O2. The number of hydrogen-bond acceptors (Lipinski definition) is 4. The highest BCUT2D eigenvalue weighted by atomic mass is 16.5. The Morgan fingerprint density at radius 1 is 1.36 bits per heavy atom. The van der Waals surface area contributed by atoms with Crippen molar-refractivity contribution in [3.63, 3.8) is 0 Å². The van der Waals surface area contributed by atoms with Crippen LogP contribution in [-0.2, 0) is 11.2 Å². The summed E-state index contributed by atoms with van der Waals surface area (Å²) in [7, 11) is 1.63. The summed E-state index contributed by atoms with van der Waals surface area (Å²) >= 11 is 0. The van der Waals surface area contributed by atoms with E-state index < -0.39 is 0 Å². The largest absolute Gasteiger partial charge is 0.379 e. The molecule has 138 valence electrons. The number of guanidine groups is 1. The van der Waals surface area contributed by atoms with E-state index in [4.69, 9.17) is 10.5 Å². The Kier molecular flexibility index (Phi) is 8.21. The Labute approximate surface area is 149 Å². The predicted octanol–water partition coefficient (Wildman–Crippen LogP) is 0.215. The lowest BCUT2D eigenvalue weighted by Gasteiger charge is -2.26. The summed E-state index contributed by atoms with van der Waals surface area (Å²) in [6.07, 6.45) is 1.78. The number of aliphatic imine (C=N–C) groups is 1. The molecule has 1 aromatic carbocycles. The van der Waals surface area contributed by atoms with Gasteiger partial charge < -0.3 is 21.1 Å². The highest BCUT2D eigenvalue weighted by Crippen LogP contribution is 2.05. The van der Waals surface area contributed by atoms with Gasteiger partial charge in [0.15, 0.2) is 5.96 Å². The molecule has 7 heteroatoms. The summed E-state index contributed by atoms with van der Waals surface area (Å²) in [6, 6.07) is 7.60. The quantitative estimate of drug-likeness (QED) is 0.355. The van der Waals surface area contributed by atoms with Crippen LogP contribution >= 0.6 is 0 Å². The van der Waals surface area contributed by atoms with Crippen LogP contribution in [0.4, 0.5) is 0 Å². The Morgan fingerprint density at radius 2 is 2.16 bits per heavy atom. The second-order valence-electron chi connectivity index (χ2n) is 6.03. The maximum atomic E-state index is 11.6. The third kappa shape index (κ3) is 7.11. The van der Waals surface area contributed by atoms with Gasteiger partial charge in [0.05, 0.1) is 13.2 Å². The van der Waals surface area contributed by atoms with Crippen LogP contribution in [0.3, 0.4) is 0 Å². The number of nitrogens with zero attached hydrogens (tertiary/aromatic N) is 2. The molecular weight excluding hydrogens is 318 g/mol. The second kappa shape index (κ2) is 10.7. The molecule has 1 aliphatic rings. The highest BCUT2D eigenvalue weighted by molar-refractivity contribution is 5.94.